The lowest BCUT2D eigenvalue weighted by molar-refractivity contribution is -0.138. The van der Waals surface area contributed by atoms with E-state index in [0.717, 1.165) is 6.07 Å². The van der Waals surface area contributed by atoms with Gasteiger partial charge in [-0.3, -0.25) is 9.69 Å². The topological polar surface area (TPSA) is 156 Å². The van der Waals surface area contributed by atoms with Gasteiger partial charge in [0.05, 0.1) is 42.3 Å². The molecule has 1 saturated carbocycles. The average Bonchev–Trinajstić information content (AvgIpc) is 3.60. The molecule has 1 aliphatic heterocycles. The number of amides is 1. The third-order valence-electron chi connectivity index (χ3n) is 8.16. The SMILES string of the molecule is Cn1cnnc1-c1ccc(C#N)cc1-c1cc(NCCC#N)nc(N2Cc3c(cc(CNC4CC(O)C4)cc3C(F)(F)F)C2=O)c1. The lowest BCUT2D eigenvalue weighted by atomic mass is 9.89. The average molecular weight is 628 g/mol. The standard InChI is InChI=1S/C32H28F3N9O2/c1-43-17-40-42-30(43)23-4-3-18(14-37)7-24(23)20-10-28(38-6-2-5-36)41-29(11-20)44-16-26-25(31(44)46)8-19(9-27(26)32(33,34)35)15-39-21-12-22(45)13-21/h3-4,7-11,17,21-22,39,45H,2,6,12-13,15-16H2,1H3,(H,38,41). The van der Waals surface area contributed by atoms with Crippen LogP contribution in [0.25, 0.3) is 22.5 Å². The molecule has 0 spiro atoms. The van der Waals surface area contributed by atoms with Gasteiger partial charge in [0.15, 0.2) is 5.82 Å². The molecule has 2 aromatic carbocycles. The van der Waals surface area contributed by atoms with Gasteiger partial charge in [0.25, 0.3) is 5.91 Å². The number of aromatic nitrogens is 4. The molecule has 234 valence electrons. The number of rotatable bonds is 9. The molecule has 3 heterocycles. The van der Waals surface area contributed by atoms with E-state index in [0.29, 0.717) is 52.3 Å². The number of anilines is 2. The first-order chi connectivity index (χ1) is 22.0. The zero-order valence-corrected chi connectivity index (χ0v) is 24.6. The monoisotopic (exact) mass is 627 g/mol. The maximum absolute atomic E-state index is 14.3. The molecule has 11 nitrogen and oxygen atoms in total. The van der Waals surface area contributed by atoms with Crippen LogP contribution in [0.5, 0.6) is 0 Å². The van der Waals surface area contributed by atoms with Gasteiger partial charge >= 0.3 is 6.18 Å². The normalized spacial score (nSPS) is 17.3. The largest absolute Gasteiger partial charge is 0.416 e. The number of fused-ring (bicyclic) bond motifs is 1. The highest BCUT2D eigenvalue weighted by Gasteiger charge is 2.41. The summed E-state index contributed by atoms with van der Waals surface area (Å²) in [7, 11) is 1.77. The van der Waals surface area contributed by atoms with Crippen molar-refractivity contribution < 1.29 is 23.1 Å². The van der Waals surface area contributed by atoms with Crippen molar-refractivity contribution in [1.29, 1.82) is 10.5 Å². The summed E-state index contributed by atoms with van der Waals surface area (Å²) in [5.41, 5.74) is 1.30. The van der Waals surface area contributed by atoms with Crippen molar-refractivity contribution in [3.63, 3.8) is 0 Å². The Kier molecular flexibility index (Phi) is 8.17. The van der Waals surface area contributed by atoms with E-state index in [2.05, 4.69) is 31.9 Å². The van der Waals surface area contributed by atoms with E-state index in [1.165, 1.54) is 17.3 Å². The predicted molar refractivity (Wildman–Crippen MR) is 161 cm³/mol. The number of nitriles is 2. The van der Waals surface area contributed by atoms with Gasteiger partial charge in [-0.2, -0.15) is 23.7 Å². The molecular weight excluding hydrogens is 599 g/mol. The van der Waals surface area contributed by atoms with Crippen molar-refractivity contribution in [3.8, 4) is 34.7 Å². The zero-order valence-electron chi connectivity index (χ0n) is 24.6. The van der Waals surface area contributed by atoms with Crippen molar-refractivity contribution in [2.24, 2.45) is 7.05 Å². The van der Waals surface area contributed by atoms with Crippen LogP contribution in [0.3, 0.4) is 0 Å². The number of aliphatic hydroxyl groups is 1. The highest BCUT2D eigenvalue weighted by atomic mass is 19.4. The van der Waals surface area contributed by atoms with E-state index in [1.54, 1.807) is 41.9 Å². The van der Waals surface area contributed by atoms with Crippen molar-refractivity contribution in [2.45, 2.75) is 50.7 Å². The predicted octanol–water partition coefficient (Wildman–Crippen LogP) is 4.53. The molecule has 0 unspecified atom stereocenters. The zero-order chi connectivity index (χ0) is 32.6. The van der Waals surface area contributed by atoms with Gasteiger partial charge in [0, 0.05) is 37.3 Å². The number of pyridine rings is 1. The van der Waals surface area contributed by atoms with Gasteiger partial charge in [-0.25, -0.2) is 4.98 Å². The third kappa shape index (κ3) is 6.00. The summed E-state index contributed by atoms with van der Waals surface area (Å²) in [5, 5.41) is 42.6. The second-order valence-corrected chi connectivity index (χ2v) is 11.3. The number of benzene rings is 2. The first-order valence-electron chi connectivity index (χ1n) is 14.5. The van der Waals surface area contributed by atoms with Crippen LogP contribution in [0, 0.1) is 22.7 Å². The Labute approximate surface area is 261 Å². The first kappa shape index (κ1) is 30.7. The Morgan fingerprint density at radius 3 is 2.57 bits per heavy atom. The van der Waals surface area contributed by atoms with Gasteiger partial charge < -0.3 is 20.3 Å². The summed E-state index contributed by atoms with van der Waals surface area (Å²) in [4.78, 5) is 19.6. The van der Waals surface area contributed by atoms with Crippen LogP contribution in [-0.2, 0) is 26.3 Å². The fourth-order valence-electron chi connectivity index (χ4n) is 5.75. The van der Waals surface area contributed by atoms with Crippen LogP contribution in [0.2, 0.25) is 0 Å². The Morgan fingerprint density at radius 1 is 1.09 bits per heavy atom. The summed E-state index contributed by atoms with van der Waals surface area (Å²) >= 11 is 0. The van der Waals surface area contributed by atoms with Gasteiger partial charge in [-0.15, -0.1) is 10.2 Å². The molecule has 1 aliphatic carbocycles. The summed E-state index contributed by atoms with van der Waals surface area (Å²) in [5.74, 6) is 0.268. The minimum atomic E-state index is -4.70. The minimum Gasteiger partial charge on any atom is -0.393 e. The Hall–Kier alpha value is -5.31. The van der Waals surface area contributed by atoms with Crippen LogP contribution in [0.4, 0.5) is 24.8 Å². The Morgan fingerprint density at radius 2 is 1.89 bits per heavy atom. The fraction of sp³-hybridized carbons (Fsp3) is 0.312. The van der Waals surface area contributed by atoms with Crippen molar-refractivity contribution >= 4 is 17.5 Å². The number of carbonyl (C=O) groups is 1. The van der Waals surface area contributed by atoms with E-state index in [-0.39, 0.29) is 49.0 Å². The molecule has 0 atom stereocenters. The summed E-state index contributed by atoms with van der Waals surface area (Å²) < 4.78 is 44.7. The van der Waals surface area contributed by atoms with Crippen LogP contribution >= 0.6 is 0 Å². The van der Waals surface area contributed by atoms with Gasteiger partial charge in [0.1, 0.15) is 18.0 Å². The molecule has 46 heavy (non-hydrogen) atoms. The number of carbonyl (C=O) groups excluding carboxylic acids is 1. The minimum absolute atomic E-state index is 0.00495. The van der Waals surface area contributed by atoms with Crippen molar-refractivity contribution in [1.82, 2.24) is 25.1 Å². The highest BCUT2D eigenvalue weighted by molar-refractivity contribution is 6.10. The second-order valence-electron chi connectivity index (χ2n) is 11.3. The van der Waals surface area contributed by atoms with E-state index in [1.807, 2.05) is 6.07 Å². The van der Waals surface area contributed by atoms with Crippen LogP contribution in [0.1, 0.15) is 51.9 Å². The number of nitrogens with one attached hydrogen (secondary N) is 2. The fourth-order valence-corrected chi connectivity index (χ4v) is 5.75. The van der Waals surface area contributed by atoms with E-state index >= 15 is 0 Å². The van der Waals surface area contributed by atoms with Crippen LogP contribution in [0.15, 0.2) is 48.8 Å². The number of aryl methyl sites for hydroxylation is 1. The van der Waals surface area contributed by atoms with Gasteiger partial charge in [0.2, 0.25) is 0 Å². The number of aliphatic hydroxyl groups excluding tert-OH is 1. The first-order valence-corrected chi connectivity index (χ1v) is 14.5. The molecule has 2 aliphatic rings. The molecule has 1 fully saturated rings. The maximum Gasteiger partial charge on any atom is 0.416 e. The smallest absolute Gasteiger partial charge is 0.393 e. The number of hydrogen-bond donors (Lipinski definition) is 3. The summed E-state index contributed by atoms with van der Waals surface area (Å²) in [6.07, 6.45) is -2.39. The molecule has 6 rings (SSSR count). The summed E-state index contributed by atoms with van der Waals surface area (Å²) in [6, 6.07) is 15.0. The summed E-state index contributed by atoms with van der Waals surface area (Å²) in [6.45, 7) is -0.00265. The lowest BCUT2D eigenvalue weighted by Gasteiger charge is -2.32. The van der Waals surface area contributed by atoms with Crippen LogP contribution < -0.4 is 15.5 Å². The van der Waals surface area contributed by atoms with Gasteiger partial charge in [-0.05, 0) is 77.6 Å². The Bertz CT molecular complexity index is 1900. The quantitative estimate of drug-likeness (QED) is 0.227. The van der Waals surface area contributed by atoms with Crippen molar-refractivity contribution in [3.05, 3.63) is 76.6 Å². The molecule has 4 aromatic rings. The highest BCUT2D eigenvalue weighted by Crippen LogP contribution is 2.41. The molecule has 0 radical (unpaired) electrons. The second kappa shape index (κ2) is 12.2. The van der Waals surface area contributed by atoms with Crippen LogP contribution in [-0.4, -0.2) is 49.5 Å². The van der Waals surface area contributed by atoms with E-state index in [4.69, 9.17) is 5.26 Å². The van der Waals surface area contributed by atoms with E-state index in [9.17, 15) is 28.3 Å². The molecular formula is C32H28F3N9O2. The number of halogens is 3. The number of hydrogen-bond acceptors (Lipinski definition) is 9. The van der Waals surface area contributed by atoms with Crippen molar-refractivity contribution in [2.75, 3.05) is 16.8 Å². The molecule has 14 heteroatoms. The molecule has 0 bridgehead atoms. The molecule has 2 aromatic heterocycles. The molecule has 3 N–H and O–H groups in total. The molecule has 1 amide bonds. The van der Waals surface area contributed by atoms with Gasteiger partial charge in [-0.1, -0.05) is 0 Å². The molecule has 0 saturated heterocycles. The maximum atomic E-state index is 14.3. The lowest BCUT2D eigenvalue weighted by Crippen LogP contribution is -2.43. The Balaban J connectivity index is 1.42. The number of alkyl halides is 3. The number of nitrogens with zero attached hydrogens (tertiary/aromatic N) is 7. The van der Waals surface area contributed by atoms with E-state index < -0.39 is 23.8 Å². The third-order valence-corrected chi connectivity index (χ3v) is 8.16.